The van der Waals surface area contributed by atoms with Crippen LogP contribution in [0.1, 0.15) is 55.3 Å². The number of amides is 1. The number of benzene rings is 2. The van der Waals surface area contributed by atoms with Crippen molar-refractivity contribution in [1.82, 2.24) is 14.5 Å². The molecule has 1 amide bonds. The summed E-state index contributed by atoms with van der Waals surface area (Å²) in [7, 11) is 0. The molecule has 3 heterocycles. The summed E-state index contributed by atoms with van der Waals surface area (Å²) in [5.41, 5.74) is -0.262. The van der Waals surface area contributed by atoms with Crippen LogP contribution >= 0.6 is 0 Å². The Bertz CT molecular complexity index is 1510. The fourth-order valence-electron chi connectivity index (χ4n) is 6.50. The average molecular weight is 545 g/mol. The maximum absolute atomic E-state index is 14.1. The first kappa shape index (κ1) is 25.9. The van der Waals surface area contributed by atoms with Crippen molar-refractivity contribution in [3.63, 3.8) is 0 Å². The normalized spacial score (nSPS) is 24.6. The van der Waals surface area contributed by atoms with E-state index in [0.29, 0.717) is 32.5 Å². The molecular weight excluding hydrogens is 513 g/mol. The minimum Gasteiger partial charge on any atom is -0.492 e. The Kier molecular flexibility index (Phi) is 5.89. The van der Waals surface area contributed by atoms with Gasteiger partial charge in [0.15, 0.2) is 0 Å². The number of alkyl halides is 3. The first-order valence-electron chi connectivity index (χ1n) is 13.2. The lowest BCUT2D eigenvalue weighted by atomic mass is 9.73. The molecule has 11 heteroatoms. The van der Waals surface area contributed by atoms with Crippen LogP contribution in [0.15, 0.2) is 35.1 Å². The molecule has 1 spiro atoms. The molecule has 39 heavy (non-hydrogen) atoms. The van der Waals surface area contributed by atoms with Gasteiger partial charge in [-0.2, -0.15) is 13.2 Å². The minimum absolute atomic E-state index is 0.0249. The van der Waals surface area contributed by atoms with Crippen LogP contribution in [0.3, 0.4) is 0 Å². The number of imidazole rings is 1. The zero-order chi connectivity index (χ0) is 27.7. The fourth-order valence-corrected chi connectivity index (χ4v) is 6.50. The highest BCUT2D eigenvalue weighted by molar-refractivity contribution is 6.06. The zero-order valence-electron chi connectivity index (χ0n) is 21.8. The van der Waals surface area contributed by atoms with Crippen LogP contribution in [0.5, 0.6) is 5.75 Å². The number of hydrogen-bond donors (Lipinski definition) is 3. The van der Waals surface area contributed by atoms with Gasteiger partial charge in [0.1, 0.15) is 12.4 Å². The molecule has 2 aromatic carbocycles. The summed E-state index contributed by atoms with van der Waals surface area (Å²) >= 11 is 0. The third-order valence-corrected chi connectivity index (χ3v) is 8.57. The number of nitrogens with zero attached hydrogens (tertiary/aromatic N) is 2. The minimum atomic E-state index is -4.70. The van der Waals surface area contributed by atoms with Gasteiger partial charge in [-0.3, -0.25) is 14.3 Å². The summed E-state index contributed by atoms with van der Waals surface area (Å²) in [6, 6.07) is 7.86. The number of halogens is 3. The monoisotopic (exact) mass is 544 g/mol. The van der Waals surface area contributed by atoms with E-state index in [0.717, 1.165) is 27.4 Å². The molecule has 3 aliphatic rings. The molecule has 0 unspecified atom stereocenters. The summed E-state index contributed by atoms with van der Waals surface area (Å²) in [6.07, 6.45) is -2.97. The molecule has 208 valence electrons. The van der Waals surface area contributed by atoms with E-state index in [1.165, 1.54) is 6.07 Å². The molecule has 8 nitrogen and oxygen atoms in total. The maximum atomic E-state index is 14.1. The first-order valence-corrected chi connectivity index (χ1v) is 13.2. The van der Waals surface area contributed by atoms with Gasteiger partial charge in [0, 0.05) is 24.3 Å². The number of H-pyrrole nitrogens is 1. The molecular formula is C28H31F3N4O4. The predicted molar refractivity (Wildman–Crippen MR) is 139 cm³/mol. The second kappa shape index (κ2) is 8.85. The molecule has 3 aromatic rings. The van der Waals surface area contributed by atoms with Crippen molar-refractivity contribution in [2.75, 3.05) is 31.6 Å². The van der Waals surface area contributed by atoms with E-state index in [1.807, 2.05) is 19.1 Å². The van der Waals surface area contributed by atoms with Crippen LogP contribution in [-0.4, -0.2) is 57.3 Å². The summed E-state index contributed by atoms with van der Waals surface area (Å²) in [5, 5.41) is 13.1. The summed E-state index contributed by atoms with van der Waals surface area (Å²) in [5.74, 6) is 0.0512. The Labute approximate surface area is 222 Å². The van der Waals surface area contributed by atoms with Crippen LogP contribution in [0.4, 0.5) is 18.9 Å². The highest BCUT2D eigenvalue weighted by Gasteiger charge is 2.48. The van der Waals surface area contributed by atoms with E-state index in [2.05, 4.69) is 21.3 Å². The summed E-state index contributed by atoms with van der Waals surface area (Å²) in [4.78, 5) is 30.2. The van der Waals surface area contributed by atoms with Crippen molar-refractivity contribution in [3.8, 4) is 5.75 Å². The first-order chi connectivity index (χ1) is 18.4. The predicted octanol–water partition coefficient (Wildman–Crippen LogP) is 4.11. The number of carbonyl (C=O) groups excluding carboxylic acids is 1. The molecule has 1 saturated heterocycles. The highest BCUT2D eigenvalue weighted by Crippen LogP contribution is 2.46. The van der Waals surface area contributed by atoms with Gasteiger partial charge in [0.2, 0.25) is 5.91 Å². The van der Waals surface area contributed by atoms with E-state index in [4.69, 9.17) is 4.74 Å². The molecule has 3 N–H and O–H groups in total. The van der Waals surface area contributed by atoms with Gasteiger partial charge >= 0.3 is 11.9 Å². The Morgan fingerprint density at radius 3 is 2.51 bits per heavy atom. The van der Waals surface area contributed by atoms with Gasteiger partial charge in [0.25, 0.3) is 0 Å². The van der Waals surface area contributed by atoms with Crippen LogP contribution in [0.2, 0.25) is 0 Å². The molecule has 1 saturated carbocycles. The topological polar surface area (TPSA) is 99.6 Å². The van der Waals surface area contributed by atoms with E-state index >= 15 is 0 Å². The van der Waals surface area contributed by atoms with E-state index in [1.54, 1.807) is 6.92 Å². The largest absolute Gasteiger partial charge is 0.492 e. The lowest BCUT2D eigenvalue weighted by Crippen LogP contribution is -2.47. The number of carbonyl (C=O) groups is 1. The number of aliphatic hydroxyl groups is 1. The van der Waals surface area contributed by atoms with Crippen molar-refractivity contribution in [2.45, 2.75) is 62.8 Å². The second-order valence-corrected chi connectivity index (χ2v) is 11.5. The van der Waals surface area contributed by atoms with Crippen molar-refractivity contribution < 1.29 is 27.8 Å². The quantitative estimate of drug-likeness (QED) is 0.449. The van der Waals surface area contributed by atoms with Crippen LogP contribution in [0.25, 0.3) is 11.0 Å². The Balaban J connectivity index is 1.15. The molecule has 1 aromatic heterocycles. The molecule has 1 aliphatic carbocycles. The second-order valence-electron chi connectivity index (χ2n) is 11.5. The number of aromatic nitrogens is 2. The van der Waals surface area contributed by atoms with Crippen molar-refractivity contribution in [2.24, 2.45) is 0 Å². The maximum Gasteiger partial charge on any atom is 0.418 e. The van der Waals surface area contributed by atoms with Gasteiger partial charge in [-0.1, -0.05) is 17.7 Å². The van der Waals surface area contributed by atoms with Crippen LogP contribution < -0.4 is 15.7 Å². The number of fused-ring (bicyclic) bond motifs is 3. The van der Waals surface area contributed by atoms with Crippen LogP contribution in [-0.2, 0) is 16.4 Å². The van der Waals surface area contributed by atoms with Gasteiger partial charge in [-0.15, -0.1) is 0 Å². The van der Waals surface area contributed by atoms with Gasteiger partial charge in [-0.05, 0) is 70.3 Å². The molecule has 0 atom stereocenters. The zero-order valence-corrected chi connectivity index (χ0v) is 21.8. The smallest absolute Gasteiger partial charge is 0.418 e. The molecule has 0 radical (unpaired) electrons. The van der Waals surface area contributed by atoms with Crippen molar-refractivity contribution >= 4 is 22.6 Å². The number of hydrogen-bond acceptors (Lipinski definition) is 5. The number of aromatic amines is 1. The average Bonchev–Trinajstić information content (AvgIpc) is 3.30. The number of likely N-dealkylation sites (tertiary alicyclic amines) is 1. The van der Waals surface area contributed by atoms with Crippen molar-refractivity contribution in [1.29, 1.82) is 0 Å². The van der Waals surface area contributed by atoms with E-state index in [-0.39, 0.29) is 42.1 Å². The molecule has 6 rings (SSSR count). The van der Waals surface area contributed by atoms with Crippen LogP contribution in [0, 0.1) is 6.92 Å². The number of anilines is 1. The van der Waals surface area contributed by atoms with Gasteiger partial charge < -0.3 is 20.1 Å². The van der Waals surface area contributed by atoms with E-state index < -0.39 is 34.5 Å². The Morgan fingerprint density at radius 2 is 1.85 bits per heavy atom. The standard InChI is InChI=1S/C28H31F3N4O4/c1-16-3-4-21-19(11-16)27(24(36)32-21)5-7-34(8-6-27)9-10-39-18-12-20(28(29,30)31)23-22(13-18)33-25(37)35(23)17-14-26(2,38)15-17/h3-4,11-13,17,38H,5-10,14-15H2,1-2H3,(H,32,36)(H,33,37)/t17-,26+. The SMILES string of the molecule is Cc1ccc2c(c1)C1(CCN(CCOc3cc(C(F)(F)F)c4c(c3)[nH]c(=O)n4[C@H]3C[C@@](C)(O)C3)CC1)C(=O)N2. The number of aryl methyl sites for hydroxylation is 1. The lowest BCUT2D eigenvalue weighted by molar-refractivity contribution is -0.136. The van der Waals surface area contributed by atoms with Gasteiger partial charge in [0.05, 0.1) is 27.6 Å². The summed E-state index contributed by atoms with van der Waals surface area (Å²) in [6.45, 7) is 5.59. The van der Waals surface area contributed by atoms with Crippen molar-refractivity contribution in [3.05, 3.63) is 57.5 Å². The van der Waals surface area contributed by atoms with E-state index in [9.17, 15) is 27.9 Å². The number of piperidine rings is 1. The number of rotatable bonds is 5. The molecule has 2 fully saturated rings. The Hall–Kier alpha value is -3.31. The third-order valence-electron chi connectivity index (χ3n) is 8.57. The molecule has 2 aliphatic heterocycles. The third kappa shape index (κ3) is 4.41. The highest BCUT2D eigenvalue weighted by atomic mass is 19.4. The lowest BCUT2D eigenvalue weighted by Gasteiger charge is -2.41. The Morgan fingerprint density at radius 1 is 1.13 bits per heavy atom. The molecule has 0 bridgehead atoms. The van der Waals surface area contributed by atoms with Gasteiger partial charge in [-0.25, -0.2) is 4.79 Å². The summed E-state index contributed by atoms with van der Waals surface area (Å²) < 4.78 is 49.1. The number of nitrogens with one attached hydrogen (secondary N) is 2. The number of ether oxygens (including phenoxy) is 1. The fraction of sp³-hybridized carbons (Fsp3) is 0.500.